The molecule has 0 amide bonds. The third kappa shape index (κ3) is 2.92. The van der Waals surface area contributed by atoms with Crippen molar-refractivity contribution in [3.63, 3.8) is 0 Å². The molecule has 0 atom stereocenters. The molecule has 1 aliphatic heterocycles. The summed E-state index contributed by atoms with van der Waals surface area (Å²) in [7, 11) is 0. The molecule has 3 nitrogen and oxygen atoms in total. The topological polar surface area (TPSA) is 38.8 Å². The molecule has 8 heteroatoms. The summed E-state index contributed by atoms with van der Waals surface area (Å²) in [6.07, 6.45) is -4.57. The van der Waals surface area contributed by atoms with Gasteiger partial charge in [-0.05, 0) is 24.3 Å². The lowest BCUT2D eigenvalue weighted by Crippen LogP contribution is -2.31. The zero-order chi connectivity index (χ0) is 12.5. The number of alkyl halides is 3. The number of benzene rings is 1. The van der Waals surface area contributed by atoms with Crippen molar-refractivity contribution >= 4 is 35.4 Å². The van der Waals surface area contributed by atoms with Gasteiger partial charge in [-0.1, -0.05) is 11.6 Å². The molecule has 17 heavy (non-hydrogen) atoms. The molecule has 0 spiro atoms. The van der Waals surface area contributed by atoms with Gasteiger partial charge in [0.05, 0.1) is 0 Å². The molecule has 0 bridgehead atoms. The maximum absolute atomic E-state index is 12.4. The van der Waals surface area contributed by atoms with Gasteiger partial charge in [-0.25, -0.2) is 4.99 Å². The first-order valence-corrected chi connectivity index (χ1v) is 5.45. The quantitative estimate of drug-likeness (QED) is 0.727. The van der Waals surface area contributed by atoms with E-state index in [0.29, 0.717) is 22.7 Å². The average Bonchev–Trinajstić information content (AvgIpc) is 2.29. The molecular weight excluding hydrogens is 275 g/mol. The molecule has 1 aromatic rings. The molecule has 0 aromatic heterocycles. The fourth-order valence-corrected chi connectivity index (χ4v) is 1.68. The van der Waals surface area contributed by atoms with E-state index in [0.717, 1.165) is 0 Å². The molecule has 89 valence electrons. The van der Waals surface area contributed by atoms with Gasteiger partial charge in [-0.2, -0.15) is 22.3 Å². The van der Waals surface area contributed by atoms with Gasteiger partial charge in [0.15, 0.2) is 5.84 Å². The van der Waals surface area contributed by atoms with E-state index in [1.54, 1.807) is 24.3 Å². The highest BCUT2D eigenvalue weighted by atomic mass is 35.5. The van der Waals surface area contributed by atoms with Gasteiger partial charge in [-0.15, -0.1) is 0 Å². The smallest absolute Gasteiger partial charge is 0.203 e. The van der Waals surface area contributed by atoms with Crippen LogP contribution in [0, 0.1) is 0 Å². The highest BCUT2D eigenvalue weighted by Gasteiger charge is 2.39. The first-order chi connectivity index (χ1) is 7.97. The Morgan fingerprint density at radius 3 is 2.35 bits per heavy atom. The third-order valence-electron chi connectivity index (χ3n) is 1.82. The SMILES string of the molecule is FC(F)(F)C1=NC(c2ccc(Cl)cc2)=NS[N]1. The van der Waals surface area contributed by atoms with Crippen LogP contribution in [0.4, 0.5) is 13.2 Å². The van der Waals surface area contributed by atoms with Crippen molar-refractivity contribution in [2.45, 2.75) is 6.18 Å². The summed E-state index contributed by atoms with van der Waals surface area (Å²) in [6.45, 7) is 0. The molecule has 0 aliphatic carbocycles. The Kier molecular flexibility index (Phi) is 3.30. The molecule has 1 radical (unpaired) electrons. The maximum Gasteiger partial charge on any atom is 0.452 e. The van der Waals surface area contributed by atoms with Crippen molar-refractivity contribution in [1.82, 2.24) is 4.72 Å². The first kappa shape index (κ1) is 12.3. The minimum atomic E-state index is -4.57. The first-order valence-electron chi connectivity index (χ1n) is 4.34. The Balaban J connectivity index is 2.31. The van der Waals surface area contributed by atoms with E-state index in [9.17, 15) is 13.2 Å². The fourth-order valence-electron chi connectivity index (χ4n) is 1.07. The molecular formula is C9H4ClF3N3S. The zero-order valence-corrected chi connectivity index (χ0v) is 9.64. The normalized spacial score (nSPS) is 16.0. The van der Waals surface area contributed by atoms with Crippen molar-refractivity contribution < 1.29 is 13.2 Å². The molecule has 1 heterocycles. The van der Waals surface area contributed by atoms with E-state index in [1.807, 2.05) is 0 Å². The van der Waals surface area contributed by atoms with E-state index < -0.39 is 12.0 Å². The Labute approximate surface area is 104 Å². The van der Waals surface area contributed by atoms with Gasteiger partial charge < -0.3 is 0 Å². The standard InChI is InChI=1S/C9H4ClF3N3S/c10-6-3-1-5(2-4-6)7-14-8(9(11,12)13)16-17-15-7/h1-4H. The number of hydrogen-bond donors (Lipinski definition) is 0. The Bertz CT molecular complexity index is 481. The Morgan fingerprint density at radius 1 is 1.12 bits per heavy atom. The summed E-state index contributed by atoms with van der Waals surface area (Å²) in [4.78, 5) is 3.36. The van der Waals surface area contributed by atoms with Crippen LogP contribution in [0.3, 0.4) is 0 Å². The van der Waals surface area contributed by atoms with E-state index in [4.69, 9.17) is 11.6 Å². The lowest BCUT2D eigenvalue weighted by atomic mass is 10.2. The summed E-state index contributed by atoms with van der Waals surface area (Å²) in [5.74, 6) is -1.21. The average molecular weight is 279 g/mol. The van der Waals surface area contributed by atoms with Crippen molar-refractivity contribution in [1.29, 1.82) is 0 Å². The van der Waals surface area contributed by atoms with E-state index >= 15 is 0 Å². The predicted molar refractivity (Wildman–Crippen MR) is 61.2 cm³/mol. The van der Waals surface area contributed by atoms with Gasteiger partial charge in [-0.3, -0.25) is 0 Å². The van der Waals surface area contributed by atoms with Gasteiger partial charge in [0.25, 0.3) is 0 Å². The molecule has 0 N–H and O–H groups in total. The van der Waals surface area contributed by atoms with Crippen LogP contribution in [-0.4, -0.2) is 17.8 Å². The van der Waals surface area contributed by atoms with Gasteiger partial charge >= 0.3 is 6.18 Å². The monoisotopic (exact) mass is 278 g/mol. The zero-order valence-electron chi connectivity index (χ0n) is 8.07. The van der Waals surface area contributed by atoms with Gasteiger partial charge in [0.2, 0.25) is 5.84 Å². The van der Waals surface area contributed by atoms with Gasteiger partial charge in [0.1, 0.15) is 12.1 Å². The Hall–Kier alpha value is -1.21. The molecule has 0 fully saturated rings. The summed E-state index contributed by atoms with van der Waals surface area (Å²) in [5.41, 5.74) is 0.457. The summed E-state index contributed by atoms with van der Waals surface area (Å²) >= 11 is 6.14. The maximum atomic E-state index is 12.4. The summed E-state index contributed by atoms with van der Waals surface area (Å²) < 4.78 is 44.0. The van der Waals surface area contributed by atoms with Crippen molar-refractivity contribution in [3.8, 4) is 0 Å². The van der Waals surface area contributed by atoms with Crippen LogP contribution in [-0.2, 0) is 0 Å². The molecule has 0 saturated heterocycles. The molecule has 1 aromatic carbocycles. The van der Waals surface area contributed by atoms with Crippen molar-refractivity contribution in [2.24, 2.45) is 9.39 Å². The van der Waals surface area contributed by atoms with Crippen LogP contribution in [0.5, 0.6) is 0 Å². The molecule has 0 unspecified atom stereocenters. The van der Waals surface area contributed by atoms with Crippen molar-refractivity contribution in [2.75, 3.05) is 0 Å². The summed E-state index contributed by atoms with van der Waals surface area (Å²) in [5, 5.41) is 0.488. The molecule has 2 rings (SSSR count). The lowest BCUT2D eigenvalue weighted by Gasteiger charge is -2.12. The van der Waals surface area contributed by atoms with E-state index in [2.05, 4.69) is 14.1 Å². The fraction of sp³-hybridized carbons (Fsp3) is 0.111. The van der Waals surface area contributed by atoms with E-state index in [-0.39, 0.29) is 5.84 Å². The van der Waals surface area contributed by atoms with Gasteiger partial charge in [0, 0.05) is 10.6 Å². The van der Waals surface area contributed by atoms with E-state index in [1.165, 1.54) is 0 Å². The van der Waals surface area contributed by atoms with Crippen LogP contribution >= 0.6 is 23.7 Å². The largest absolute Gasteiger partial charge is 0.452 e. The highest BCUT2D eigenvalue weighted by molar-refractivity contribution is 7.96. The van der Waals surface area contributed by atoms with Crippen LogP contribution in [0.25, 0.3) is 0 Å². The molecule has 0 saturated carbocycles. The number of rotatable bonds is 1. The molecule has 1 aliphatic rings. The van der Waals surface area contributed by atoms with Crippen LogP contribution in [0.15, 0.2) is 33.7 Å². The lowest BCUT2D eigenvalue weighted by molar-refractivity contribution is -0.0606. The second-order valence-electron chi connectivity index (χ2n) is 3.03. The number of halogens is 4. The van der Waals surface area contributed by atoms with Crippen LogP contribution < -0.4 is 4.72 Å². The Morgan fingerprint density at radius 2 is 1.76 bits per heavy atom. The number of hydrogen-bond acceptors (Lipinski definition) is 3. The van der Waals surface area contributed by atoms with Crippen LogP contribution in [0.1, 0.15) is 5.56 Å². The van der Waals surface area contributed by atoms with Crippen molar-refractivity contribution in [3.05, 3.63) is 34.9 Å². The number of nitrogens with zero attached hydrogens (tertiary/aromatic N) is 3. The summed E-state index contributed by atoms with van der Waals surface area (Å²) in [6, 6.07) is 6.20. The third-order valence-corrected chi connectivity index (χ3v) is 2.58. The number of amidine groups is 2. The second-order valence-corrected chi connectivity index (χ2v) is 3.99. The highest BCUT2D eigenvalue weighted by Crippen LogP contribution is 2.23. The minimum Gasteiger partial charge on any atom is -0.203 e. The predicted octanol–water partition coefficient (Wildman–Crippen LogP) is 3.23. The number of aliphatic imine (C=N–C) groups is 1. The van der Waals surface area contributed by atoms with Crippen LogP contribution in [0.2, 0.25) is 5.02 Å². The second kappa shape index (κ2) is 4.58. The minimum absolute atomic E-state index is 0.0195.